The van der Waals surface area contributed by atoms with Gasteiger partial charge in [-0.15, -0.1) is 0 Å². The lowest BCUT2D eigenvalue weighted by Crippen LogP contribution is -2.42. The monoisotopic (exact) mass is 374 g/mol. The molecule has 0 saturated heterocycles. The molecule has 2 aromatic carbocycles. The van der Waals surface area contributed by atoms with E-state index in [0.717, 1.165) is 23.4 Å². The van der Waals surface area contributed by atoms with Crippen molar-refractivity contribution in [3.05, 3.63) is 72.1 Å². The molecule has 0 atom stereocenters. The van der Waals surface area contributed by atoms with Crippen LogP contribution in [0.2, 0.25) is 0 Å². The Kier molecular flexibility index (Phi) is 5.73. The van der Waals surface area contributed by atoms with Gasteiger partial charge in [0.1, 0.15) is 12.1 Å². The summed E-state index contributed by atoms with van der Waals surface area (Å²) in [5.74, 6) is 0.637. The molecular weight excluding hydrogens is 348 g/mol. The Labute approximate surface area is 166 Å². The van der Waals surface area contributed by atoms with Crippen LogP contribution in [0.4, 0.5) is 11.5 Å². The molecule has 144 valence electrons. The predicted molar refractivity (Wildman–Crippen MR) is 114 cm³/mol. The number of nitrogens with zero attached hydrogens (tertiary/aromatic N) is 2. The lowest BCUT2D eigenvalue weighted by atomic mass is 10.0. The average Bonchev–Trinajstić information content (AvgIpc) is 2.68. The van der Waals surface area contributed by atoms with Crippen molar-refractivity contribution in [2.24, 2.45) is 0 Å². The van der Waals surface area contributed by atoms with Crippen molar-refractivity contribution in [2.45, 2.75) is 39.7 Å². The van der Waals surface area contributed by atoms with Crippen molar-refractivity contribution in [1.29, 1.82) is 0 Å². The Morgan fingerprint density at radius 1 is 1.04 bits per heavy atom. The molecule has 0 aliphatic carbocycles. The van der Waals surface area contributed by atoms with Crippen LogP contribution in [0.3, 0.4) is 0 Å². The molecule has 3 aromatic rings. The second kappa shape index (κ2) is 8.21. The van der Waals surface area contributed by atoms with Crippen LogP contribution in [0, 0.1) is 6.92 Å². The minimum atomic E-state index is -0.221. The maximum Gasteiger partial charge on any atom is 0.251 e. The summed E-state index contributed by atoms with van der Waals surface area (Å²) in [6, 6.07) is 17.5. The van der Waals surface area contributed by atoms with Crippen LogP contribution < -0.4 is 10.6 Å². The van der Waals surface area contributed by atoms with Crippen LogP contribution >= 0.6 is 0 Å². The van der Waals surface area contributed by atoms with E-state index in [-0.39, 0.29) is 11.4 Å². The summed E-state index contributed by atoms with van der Waals surface area (Å²) in [7, 11) is 0. The van der Waals surface area contributed by atoms with Gasteiger partial charge in [0, 0.05) is 28.4 Å². The third-order valence-corrected chi connectivity index (χ3v) is 4.74. The number of aryl methyl sites for hydroxylation is 1. The van der Waals surface area contributed by atoms with Crippen LogP contribution in [0.15, 0.2) is 60.9 Å². The van der Waals surface area contributed by atoms with Gasteiger partial charge < -0.3 is 10.6 Å². The molecule has 0 fully saturated rings. The molecule has 28 heavy (non-hydrogen) atoms. The highest BCUT2D eigenvalue weighted by Gasteiger charge is 2.18. The van der Waals surface area contributed by atoms with Gasteiger partial charge in [-0.05, 0) is 57.5 Å². The van der Waals surface area contributed by atoms with Crippen molar-refractivity contribution in [2.75, 3.05) is 5.32 Å². The van der Waals surface area contributed by atoms with E-state index < -0.39 is 0 Å². The molecule has 0 radical (unpaired) electrons. The zero-order valence-corrected chi connectivity index (χ0v) is 16.8. The van der Waals surface area contributed by atoms with E-state index in [1.54, 1.807) is 6.33 Å². The van der Waals surface area contributed by atoms with Crippen molar-refractivity contribution >= 4 is 17.4 Å². The Morgan fingerprint density at radius 3 is 2.46 bits per heavy atom. The number of benzene rings is 2. The van der Waals surface area contributed by atoms with E-state index in [9.17, 15) is 4.79 Å². The molecule has 1 amide bonds. The third kappa shape index (κ3) is 4.94. The van der Waals surface area contributed by atoms with Gasteiger partial charge >= 0.3 is 0 Å². The fraction of sp³-hybridized carbons (Fsp3) is 0.261. The SMILES string of the molecule is CCC(C)(C)NC(=O)c1ccc(Nc2cc(-c3cccc(C)c3)ncn2)cc1. The zero-order valence-electron chi connectivity index (χ0n) is 16.8. The highest BCUT2D eigenvalue weighted by atomic mass is 16.1. The summed E-state index contributed by atoms with van der Waals surface area (Å²) in [6.07, 6.45) is 2.42. The summed E-state index contributed by atoms with van der Waals surface area (Å²) in [6.45, 7) is 8.15. The highest BCUT2D eigenvalue weighted by Crippen LogP contribution is 2.22. The first kappa shape index (κ1) is 19.5. The van der Waals surface area contributed by atoms with Crippen LogP contribution in [0.1, 0.15) is 43.1 Å². The van der Waals surface area contributed by atoms with Crippen molar-refractivity contribution < 1.29 is 4.79 Å². The van der Waals surface area contributed by atoms with Gasteiger partial charge in [0.2, 0.25) is 0 Å². The number of hydrogen-bond acceptors (Lipinski definition) is 4. The molecule has 1 aromatic heterocycles. The van der Waals surface area contributed by atoms with Gasteiger partial charge in [0.25, 0.3) is 5.91 Å². The molecule has 0 spiro atoms. The maximum absolute atomic E-state index is 12.4. The molecule has 5 nitrogen and oxygen atoms in total. The predicted octanol–water partition coefficient (Wildman–Crippen LogP) is 5.11. The first-order valence-electron chi connectivity index (χ1n) is 9.45. The molecule has 2 N–H and O–H groups in total. The largest absolute Gasteiger partial charge is 0.347 e. The van der Waals surface area contributed by atoms with Gasteiger partial charge in [-0.25, -0.2) is 9.97 Å². The summed E-state index contributed by atoms with van der Waals surface area (Å²) in [4.78, 5) is 21.0. The Balaban J connectivity index is 1.72. The van der Waals surface area contributed by atoms with Gasteiger partial charge in [-0.1, -0.05) is 30.7 Å². The Hall–Kier alpha value is -3.21. The summed E-state index contributed by atoms with van der Waals surface area (Å²) >= 11 is 0. The van der Waals surface area contributed by atoms with E-state index in [2.05, 4.69) is 46.6 Å². The zero-order chi connectivity index (χ0) is 20.1. The van der Waals surface area contributed by atoms with Gasteiger partial charge in [0.05, 0.1) is 5.69 Å². The van der Waals surface area contributed by atoms with Crippen LogP contribution in [-0.2, 0) is 0 Å². The Morgan fingerprint density at radius 2 is 1.79 bits per heavy atom. The molecular formula is C23H26N4O. The van der Waals surface area contributed by atoms with Crippen LogP contribution in [0.25, 0.3) is 11.3 Å². The summed E-state index contributed by atoms with van der Waals surface area (Å²) in [5, 5.41) is 6.31. The standard InChI is InChI=1S/C23H26N4O/c1-5-23(3,4)27-22(28)17-9-11-19(12-10-17)26-21-14-20(24-15-25-21)18-8-6-7-16(2)13-18/h6-15H,5H2,1-4H3,(H,27,28)(H,24,25,26). The third-order valence-electron chi connectivity index (χ3n) is 4.74. The molecule has 0 aliphatic rings. The van der Waals surface area contributed by atoms with Crippen molar-refractivity contribution in [3.63, 3.8) is 0 Å². The number of carbonyl (C=O) groups is 1. The minimum absolute atomic E-state index is 0.0674. The molecule has 0 saturated carbocycles. The minimum Gasteiger partial charge on any atom is -0.347 e. The normalized spacial score (nSPS) is 11.1. The van der Waals surface area contributed by atoms with Gasteiger partial charge in [-0.3, -0.25) is 4.79 Å². The van der Waals surface area contributed by atoms with Gasteiger partial charge in [0.15, 0.2) is 0 Å². The summed E-state index contributed by atoms with van der Waals surface area (Å²) < 4.78 is 0. The lowest BCUT2D eigenvalue weighted by molar-refractivity contribution is 0.0911. The molecule has 0 aliphatic heterocycles. The first-order valence-corrected chi connectivity index (χ1v) is 9.45. The van der Waals surface area contributed by atoms with E-state index in [1.165, 1.54) is 5.56 Å². The van der Waals surface area contributed by atoms with E-state index in [1.807, 2.05) is 56.3 Å². The molecule has 5 heteroatoms. The number of hydrogen-bond donors (Lipinski definition) is 2. The molecule has 0 bridgehead atoms. The lowest BCUT2D eigenvalue weighted by Gasteiger charge is -2.24. The molecule has 3 rings (SSSR count). The van der Waals surface area contributed by atoms with Gasteiger partial charge in [-0.2, -0.15) is 0 Å². The molecule has 1 heterocycles. The second-order valence-corrected chi connectivity index (χ2v) is 7.55. The number of anilines is 2. The first-order chi connectivity index (χ1) is 13.4. The summed E-state index contributed by atoms with van der Waals surface area (Å²) in [5.41, 5.74) is 4.37. The quantitative estimate of drug-likeness (QED) is 0.629. The number of rotatable bonds is 6. The number of carbonyl (C=O) groups excluding carboxylic acids is 1. The number of nitrogens with one attached hydrogen (secondary N) is 2. The fourth-order valence-electron chi connectivity index (χ4n) is 2.71. The van der Waals surface area contributed by atoms with Crippen LogP contribution in [0.5, 0.6) is 0 Å². The van der Waals surface area contributed by atoms with Crippen LogP contribution in [-0.4, -0.2) is 21.4 Å². The van der Waals surface area contributed by atoms with E-state index >= 15 is 0 Å². The number of aromatic nitrogens is 2. The van der Waals surface area contributed by atoms with E-state index in [0.29, 0.717) is 11.4 Å². The highest BCUT2D eigenvalue weighted by molar-refractivity contribution is 5.95. The second-order valence-electron chi connectivity index (χ2n) is 7.55. The smallest absolute Gasteiger partial charge is 0.251 e. The van der Waals surface area contributed by atoms with Crippen molar-refractivity contribution in [3.8, 4) is 11.3 Å². The van der Waals surface area contributed by atoms with Crippen molar-refractivity contribution in [1.82, 2.24) is 15.3 Å². The Bertz CT molecular complexity index is 964. The topological polar surface area (TPSA) is 66.9 Å². The maximum atomic E-state index is 12.4. The average molecular weight is 374 g/mol. The molecule has 0 unspecified atom stereocenters. The number of amides is 1. The fourth-order valence-corrected chi connectivity index (χ4v) is 2.71. The van der Waals surface area contributed by atoms with E-state index in [4.69, 9.17) is 0 Å².